The fraction of sp³-hybridized carbons (Fsp3) is 0.500. The molecule has 0 aliphatic rings. The molecule has 3 nitrogen and oxygen atoms in total. The molecule has 1 aromatic rings. The Balaban J connectivity index is 2.82. The molecule has 0 aliphatic heterocycles. The van der Waals surface area contributed by atoms with Gasteiger partial charge in [-0.2, -0.15) is 0 Å². The normalized spacial score (nSPS) is 10.9. The molecular weight excluding hydrogens is 222 g/mol. The Bertz CT molecular complexity index is 339. The van der Waals surface area contributed by atoms with E-state index in [9.17, 15) is 0 Å². The quantitative estimate of drug-likeness (QED) is 0.853. The lowest BCUT2D eigenvalue weighted by molar-refractivity contribution is 0.416. The Morgan fingerprint density at radius 2 is 1.88 bits per heavy atom. The maximum atomic E-state index is 6.12. The summed E-state index contributed by atoms with van der Waals surface area (Å²) in [5.41, 5.74) is 7.86. The summed E-state index contributed by atoms with van der Waals surface area (Å²) in [6.45, 7) is 2.44. The van der Waals surface area contributed by atoms with Gasteiger partial charge in [-0.1, -0.05) is 17.7 Å². The van der Waals surface area contributed by atoms with Crippen LogP contribution in [0.4, 0.5) is 5.69 Å². The summed E-state index contributed by atoms with van der Waals surface area (Å²) in [6.07, 6.45) is 0. The van der Waals surface area contributed by atoms with Crippen LogP contribution in [0.2, 0.25) is 5.02 Å². The number of anilines is 1. The number of benzene rings is 1. The van der Waals surface area contributed by atoms with E-state index in [-0.39, 0.29) is 0 Å². The van der Waals surface area contributed by atoms with Crippen LogP contribution in [0.5, 0.6) is 0 Å². The van der Waals surface area contributed by atoms with E-state index >= 15 is 0 Å². The highest BCUT2D eigenvalue weighted by molar-refractivity contribution is 6.31. The van der Waals surface area contributed by atoms with Crippen LogP contribution in [0.25, 0.3) is 0 Å². The molecule has 0 heterocycles. The summed E-state index contributed by atoms with van der Waals surface area (Å²) in [5.74, 6) is 0. The third kappa shape index (κ3) is 3.37. The average Bonchev–Trinajstić information content (AvgIpc) is 2.25. The van der Waals surface area contributed by atoms with E-state index in [0.29, 0.717) is 6.54 Å². The van der Waals surface area contributed by atoms with Gasteiger partial charge in [-0.15, -0.1) is 0 Å². The second kappa shape index (κ2) is 6.09. The van der Waals surface area contributed by atoms with Crippen LogP contribution >= 0.6 is 11.6 Å². The summed E-state index contributed by atoms with van der Waals surface area (Å²) in [4.78, 5) is 4.34. The Morgan fingerprint density at radius 3 is 2.44 bits per heavy atom. The molecule has 2 N–H and O–H groups in total. The molecule has 0 unspecified atom stereocenters. The first kappa shape index (κ1) is 13.3. The van der Waals surface area contributed by atoms with Crippen molar-refractivity contribution in [3.63, 3.8) is 0 Å². The Hall–Kier alpha value is -0.770. The molecule has 0 bridgehead atoms. The van der Waals surface area contributed by atoms with Gasteiger partial charge in [-0.3, -0.25) is 0 Å². The van der Waals surface area contributed by atoms with Crippen molar-refractivity contribution in [1.82, 2.24) is 4.90 Å². The molecule has 0 aliphatic carbocycles. The van der Waals surface area contributed by atoms with Crippen LogP contribution in [0.1, 0.15) is 5.56 Å². The first-order valence-electron chi connectivity index (χ1n) is 5.39. The predicted octanol–water partition coefficient (Wildman–Crippen LogP) is 1.80. The van der Waals surface area contributed by atoms with Crippen molar-refractivity contribution in [2.45, 2.75) is 6.54 Å². The predicted molar refractivity (Wildman–Crippen MR) is 71.2 cm³/mol. The van der Waals surface area contributed by atoms with Crippen molar-refractivity contribution in [3.8, 4) is 0 Å². The number of hydrogen-bond acceptors (Lipinski definition) is 3. The number of nitrogens with two attached hydrogens (primary N) is 1. The van der Waals surface area contributed by atoms with E-state index in [1.165, 1.54) is 0 Å². The minimum Gasteiger partial charge on any atom is -0.373 e. The van der Waals surface area contributed by atoms with Crippen molar-refractivity contribution in [3.05, 3.63) is 28.8 Å². The summed E-state index contributed by atoms with van der Waals surface area (Å²) in [7, 11) is 6.19. The zero-order valence-corrected chi connectivity index (χ0v) is 11.0. The second-order valence-electron chi connectivity index (χ2n) is 4.17. The third-order valence-corrected chi connectivity index (χ3v) is 2.95. The van der Waals surface area contributed by atoms with Gasteiger partial charge in [0.05, 0.1) is 0 Å². The molecular formula is C12H20ClN3. The smallest absolute Gasteiger partial charge is 0.0471 e. The maximum absolute atomic E-state index is 6.12. The molecule has 0 amide bonds. The van der Waals surface area contributed by atoms with Crippen LogP contribution in [0, 0.1) is 0 Å². The minimum atomic E-state index is 0.474. The standard InChI is InChI=1S/C12H20ClN3/c1-15(2)7-8-16(3)12-6-4-5-11(13)10(12)9-14/h4-6H,7-9,14H2,1-3H3. The average molecular weight is 242 g/mol. The topological polar surface area (TPSA) is 32.5 Å². The van der Waals surface area contributed by atoms with E-state index in [0.717, 1.165) is 29.4 Å². The highest BCUT2D eigenvalue weighted by atomic mass is 35.5. The van der Waals surface area contributed by atoms with Crippen LogP contribution in [-0.2, 0) is 6.54 Å². The lowest BCUT2D eigenvalue weighted by Crippen LogP contribution is -2.29. The monoisotopic (exact) mass is 241 g/mol. The SMILES string of the molecule is CN(C)CCN(C)c1cccc(Cl)c1CN. The molecule has 0 saturated carbocycles. The van der Waals surface area contributed by atoms with E-state index < -0.39 is 0 Å². The van der Waals surface area contributed by atoms with Gasteiger partial charge >= 0.3 is 0 Å². The number of rotatable bonds is 5. The largest absolute Gasteiger partial charge is 0.373 e. The second-order valence-corrected chi connectivity index (χ2v) is 4.57. The van der Waals surface area contributed by atoms with E-state index in [4.69, 9.17) is 17.3 Å². The zero-order chi connectivity index (χ0) is 12.1. The minimum absolute atomic E-state index is 0.474. The number of nitrogens with zero attached hydrogens (tertiary/aromatic N) is 2. The number of likely N-dealkylation sites (N-methyl/N-ethyl adjacent to an activating group) is 2. The van der Waals surface area contributed by atoms with Gasteiger partial charge in [-0.25, -0.2) is 0 Å². The van der Waals surface area contributed by atoms with Crippen LogP contribution in [0.3, 0.4) is 0 Å². The van der Waals surface area contributed by atoms with Gasteiger partial charge in [0.25, 0.3) is 0 Å². The van der Waals surface area contributed by atoms with Gasteiger partial charge in [0.15, 0.2) is 0 Å². The van der Waals surface area contributed by atoms with Gasteiger partial charge in [0.2, 0.25) is 0 Å². The first-order chi connectivity index (χ1) is 7.56. The Labute approximate surface area is 103 Å². The summed E-state index contributed by atoms with van der Waals surface area (Å²) in [5, 5.41) is 0.747. The summed E-state index contributed by atoms with van der Waals surface area (Å²) in [6, 6.07) is 5.90. The van der Waals surface area contributed by atoms with E-state index in [1.54, 1.807) is 0 Å². The van der Waals surface area contributed by atoms with Crippen LogP contribution in [0.15, 0.2) is 18.2 Å². The Morgan fingerprint density at radius 1 is 1.19 bits per heavy atom. The number of halogens is 1. The highest BCUT2D eigenvalue weighted by Gasteiger charge is 2.09. The molecule has 4 heteroatoms. The Kier molecular flexibility index (Phi) is 5.06. The summed E-state index contributed by atoms with van der Waals surface area (Å²) >= 11 is 6.12. The van der Waals surface area contributed by atoms with Crippen LogP contribution < -0.4 is 10.6 Å². The van der Waals surface area contributed by atoms with Crippen molar-refractivity contribution in [1.29, 1.82) is 0 Å². The molecule has 1 rings (SSSR count). The molecule has 16 heavy (non-hydrogen) atoms. The van der Waals surface area contributed by atoms with Gasteiger partial charge in [-0.05, 0) is 26.2 Å². The van der Waals surface area contributed by atoms with Gasteiger partial charge < -0.3 is 15.5 Å². The third-order valence-electron chi connectivity index (χ3n) is 2.59. The molecule has 0 aromatic heterocycles. The van der Waals surface area contributed by atoms with Crippen molar-refractivity contribution in [2.75, 3.05) is 39.1 Å². The van der Waals surface area contributed by atoms with Gasteiger partial charge in [0, 0.05) is 43.0 Å². The zero-order valence-electron chi connectivity index (χ0n) is 10.2. The molecule has 0 atom stereocenters. The summed E-state index contributed by atoms with van der Waals surface area (Å²) < 4.78 is 0. The van der Waals surface area contributed by atoms with E-state index in [2.05, 4.69) is 37.0 Å². The van der Waals surface area contributed by atoms with Crippen molar-refractivity contribution < 1.29 is 0 Å². The fourth-order valence-electron chi connectivity index (χ4n) is 1.58. The van der Waals surface area contributed by atoms with Crippen molar-refractivity contribution in [2.24, 2.45) is 5.73 Å². The maximum Gasteiger partial charge on any atom is 0.0471 e. The highest BCUT2D eigenvalue weighted by Crippen LogP contribution is 2.26. The molecule has 90 valence electrons. The molecule has 0 spiro atoms. The first-order valence-corrected chi connectivity index (χ1v) is 5.77. The van der Waals surface area contributed by atoms with Crippen LogP contribution in [-0.4, -0.2) is 39.1 Å². The molecule has 1 aromatic carbocycles. The van der Waals surface area contributed by atoms with Crippen molar-refractivity contribution >= 4 is 17.3 Å². The molecule has 0 radical (unpaired) electrons. The van der Waals surface area contributed by atoms with E-state index in [1.807, 2.05) is 12.1 Å². The number of hydrogen-bond donors (Lipinski definition) is 1. The lowest BCUT2D eigenvalue weighted by Gasteiger charge is -2.24. The molecule has 0 saturated heterocycles. The lowest BCUT2D eigenvalue weighted by atomic mass is 10.1. The van der Waals surface area contributed by atoms with Gasteiger partial charge in [0.1, 0.15) is 0 Å². The fourth-order valence-corrected chi connectivity index (χ4v) is 1.82. The molecule has 0 fully saturated rings.